The van der Waals surface area contributed by atoms with Crippen LogP contribution in [0.15, 0.2) is 30.6 Å². The molecule has 1 aromatic carbocycles. The summed E-state index contributed by atoms with van der Waals surface area (Å²) >= 11 is 0. The molecule has 136 valence electrons. The molecule has 1 fully saturated rings. The predicted octanol–water partition coefficient (Wildman–Crippen LogP) is 2.14. The lowest BCUT2D eigenvalue weighted by molar-refractivity contribution is -0.130. The van der Waals surface area contributed by atoms with Crippen LogP contribution in [-0.2, 0) is 4.79 Å². The molecule has 0 radical (unpaired) electrons. The van der Waals surface area contributed by atoms with E-state index in [0.717, 1.165) is 11.3 Å². The largest absolute Gasteiger partial charge is 0.339 e. The summed E-state index contributed by atoms with van der Waals surface area (Å²) in [7, 11) is 0. The van der Waals surface area contributed by atoms with Crippen LogP contribution in [-0.4, -0.2) is 57.8 Å². The van der Waals surface area contributed by atoms with Gasteiger partial charge in [-0.15, -0.1) is 0 Å². The van der Waals surface area contributed by atoms with Gasteiger partial charge in [0.25, 0.3) is 5.91 Å². The average molecular weight is 353 g/mol. The minimum absolute atomic E-state index is 0.0438. The van der Waals surface area contributed by atoms with Crippen molar-refractivity contribution in [2.45, 2.75) is 20.8 Å². The highest BCUT2D eigenvalue weighted by atomic mass is 16.2. The first kappa shape index (κ1) is 17.8. The third-order valence-corrected chi connectivity index (χ3v) is 4.76. The molecule has 1 aliphatic heterocycles. The number of anilines is 2. The maximum absolute atomic E-state index is 12.6. The third-order valence-electron chi connectivity index (χ3n) is 4.76. The highest BCUT2D eigenvalue weighted by Gasteiger charge is 2.23. The molecule has 1 saturated heterocycles. The molecule has 0 atom stereocenters. The first-order valence-corrected chi connectivity index (χ1v) is 8.66. The van der Waals surface area contributed by atoms with E-state index in [2.05, 4.69) is 28.3 Å². The molecule has 7 nitrogen and oxygen atoms in total. The quantitative estimate of drug-likeness (QED) is 0.915. The van der Waals surface area contributed by atoms with Crippen molar-refractivity contribution < 1.29 is 9.59 Å². The van der Waals surface area contributed by atoms with Gasteiger partial charge in [-0.05, 0) is 31.0 Å². The van der Waals surface area contributed by atoms with E-state index in [4.69, 9.17) is 0 Å². The van der Waals surface area contributed by atoms with Crippen molar-refractivity contribution in [2.75, 3.05) is 31.5 Å². The molecule has 0 bridgehead atoms. The number of hydrogen-bond acceptors (Lipinski definition) is 5. The zero-order chi connectivity index (χ0) is 18.7. The van der Waals surface area contributed by atoms with Crippen molar-refractivity contribution in [1.29, 1.82) is 0 Å². The van der Waals surface area contributed by atoms with Gasteiger partial charge in [0.05, 0.1) is 5.56 Å². The monoisotopic (exact) mass is 353 g/mol. The number of benzene rings is 1. The van der Waals surface area contributed by atoms with Gasteiger partial charge < -0.3 is 15.1 Å². The van der Waals surface area contributed by atoms with Gasteiger partial charge in [-0.3, -0.25) is 9.59 Å². The number of carbonyl (C=O) groups is 2. The van der Waals surface area contributed by atoms with Crippen molar-refractivity contribution in [1.82, 2.24) is 19.8 Å². The van der Waals surface area contributed by atoms with Gasteiger partial charge in [-0.25, -0.2) is 9.97 Å². The van der Waals surface area contributed by atoms with Crippen LogP contribution < -0.4 is 5.32 Å². The molecule has 26 heavy (non-hydrogen) atoms. The smallest absolute Gasteiger partial charge is 0.257 e. The molecule has 0 unspecified atom stereocenters. The van der Waals surface area contributed by atoms with Crippen LogP contribution in [0.4, 0.5) is 11.6 Å². The lowest BCUT2D eigenvalue weighted by atomic mass is 10.1. The topological polar surface area (TPSA) is 78.4 Å². The van der Waals surface area contributed by atoms with Gasteiger partial charge in [0.2, 0.25) is 11.9 Å². The fourth-order valence-corrected chi connectivity index (χ4v) is 2.92. The summed E-state index contributed by atoms with van der Waals surface area (Å²) in [5.41, 5.74) is 3.73. The van der Waals surface area contributed by atoms with Crippen LogP contribution in [0.5, 0.6) is 0 Å². The number of rotatable bonds is 3. The number of piperazine rings is 1. The number of aryl methyl sites for hydroxylation is 1. The predicted molar refractivity (Wildman–Crippen MR) is 99.4 cm³/mol. The summed E-state index contributed by atoms with van der Waals surface area (Å²) in [5, 5.41) is 3.19. The van der Waals surface area contributed by atoms with Gasteiger partial charge in [0.1, 0.15) is 0 Å². The van der Waals surface area contributed by atoms with Crippen LogP contribution in [0.3, 0.4) is 0 Å². The summed E-state index contributed by atoms with van der Waals surface area (Å²) in [6.07, 6.45) is 3.08. The van der Waals surface area contributed by atoms with Crippen LogP contribution in [0.2, 0.25) is 0 Å². The molecule has 2 amide bonds. The number of hydrogen-bond donors (Lipinski definition) is 1. The molecule has 7 heteroatoms. The summed E-state index contributed by atoms with van der Waals surface area (Å²) < 4.78 is 0. The van der Waals surface area contributed by atoms with E-state index in [0.29, 0.717) is 37.7 Å². The molecule has 0 spiro atoms. The Morgan fingerprint density at radius 1 is 1.00 bits per heavy atom. The lowest BCUT2D eigenvalue weighted by Crippen LogP contribution is -2.50. The normalized spacial score (nSPS) is 14.3. The standard InChI is InChI=1S/C19H23N5O2/c1-13-5-4-6-17(14(13)2)22-19-20-11-16(12-21-19)18(26)24-9-7-23(8-10-24)15(3)25/h4-6,11-12H,7-10H2,1-3H3,(H,20,21,22). The zero-order valence-electron chi connectivity index (χ0n) is 15.3. The Morgan fingerprint density at radius 3 is 2.23 bits per heavy atom. The van der Waals surface area contributed by atoms with E-state index < -0.39 is 0 Å². The van der Waals surface area contributed by atoms with E-state index in [9.17, 15) is 9.59 Å². The van der Waals surface area contributed by atoms with E-state index in [1.807, 2.05) is 19.1 Å². The summed E-state index contributed by atoms with van der Waals surface area (Å²) in [6.45, 7) is 7.82. The van der Waals surface area contributed by atoms with Crippen molar-refractivity contribution >= 4 is 23.5 Å². The Balaban J connectivity index is 1.65. The van der Waals surface area contributed by atoms with Crippen LogP contribution in [0.1, 0.15) is 28.4 Å². The molecule has 3 rings (SSSR count). The van der Waals surface area contributed by atoms with Crippen molar-refractivity contribution in [3.8, 4) is 0 Å². The first-order chi connectivity index (χ1) is 12.5. The second kappa shape index (κ2) is 7.51. The molecular formula is C19H23N5O2. The number of nitrogens with one attached hydrogen (secondary N) is 1. The van der Waals surface area contributed by atoms with Gasteiger partial charge >= 0.3 is 0 Å². The van der Waals surface area contributed by atoms with Gasteiger partial charge in [0.15, 0.2) is 0 Å². The molecular weight excluding hydrogens is 330 g/mol. The Morgan fingerprint density at radius 2 is 1.62 bits per heavy atom. The van der Waals surface area contributed by atoms with E-state index in [1.165, 1.54) is 5.56 Å². The van der Waals surface area contributed by atoms with E-state index in [-0.39, 0.29) is 11.8 Å². The maximum Gasteiger partial charge on any atom is 0.257 e. The second-order valence-corrected chi connectivity index (χ2v) is 6.47. The number of aromatic nitrogens is 2. The summed E-state index contributed by atoms with van der Waals surface area (Å²) in [6, 6.07) is 6.00. The van der Waals surface area contributed by atoms with Crippen molar-refractivity contribution in [3.63, 3.8) is 0 Å². The molecule has 0 aliphatic carbocycles. The zero-order valence-corrected chi connectivity index (χ0v) is 15.3. The fraction of sp³-hybridized carbons (Fsp3) is 0.368. The molecule has 1 aromatic heterocycles. The average Bonchev–Trinajstić information content (AvgIpc) is 2.65. The van der Waals surface area contributed by atoms with E-state index in [1.54, 1.807) is 29.1 Å². The van der Waals surface area contributed by atoms with Crippen LogP contribution >= 0.6 is 0 Å². The van der Waals surface area contributed by atoms with Crippen LogP contribution in [0, 0.1) is 13.8 Å². The summed E-state index contributed by atoms with van der Waals surface area (Å²) in [4.78, 5) is 36.0. The third kappa shape index (κ3) is 3.82. The van der Waals surface area contributed by atoms with Gasteiger partial charge in [-0.2, -0.15) is 0 Å². The molecule has 1 N–H and O–H groups in total. The Kier molecular flexibility index (Phi) is 5.16. The Labute approximate surface area is 153 Å². The molecule has 0 saturated carbocycles. The number of nitrogens with zero attached hydrogens (tertiary/aromatic N) is 4. The molecule has 2 aromatic rings. The Bertz CT molecular complexity index is 811. The van der Waals surface area contributed by atoms with Crippen molar-refractivity contribution in [3.05, 3.63) is 47.3 Å². The highest BCUT2D eigenvalue weighted by molar-refractivity contribution is 5.94. The molecule has 1 aliphatic rings. The minimum Gasteiger partial charge on any atom is -0.339 e. The SMILES string of the molecule is CC(=O)N1CCN(C(=O)c2cnc(Nc3cccc(C)c3C)nc2)CC1. The first-order valence-electron chi connectivity index (χ1n) is 8.66. The van der Waals surface area contributed by atoms with Crippen LogP contribution in [0.25, 0.3) is 0 Å². The molecule has 2 heterocycles. The summed E-state index contributed by atoms with van der Waals surface area (Å²) in [5.74, 6) is 0.394. The Hall–Kier alpha value is -2.96. The lowest BCUT2D eigenvalue weighted by Gasteiger charge is -2.34. The minimum atomic E-state index is -0.105. The maximum atomic E-state index is 12.6. The van der Waals surface area contributed by atoms with Gasteiger partial charge in [0, 0.05) is 51.2 Å². The van der Waals surface area contributed by atoms with Crippen molar-refractivity contribution in [2.24, 2.45) is 0 Å². The fourth-order valence-electron chi connectivity index (χ4n) is 2.92. The second-order valence-electron chi connectivity index (χ2n) is 6.47. The number of carbonyl (C=O) groups excluding carboxylic acids is 2. The van der Waals surface area contributed by atoms with E-state index >= 15 is 0 Å². The highest BCUT2D eigenvalue weighted by Crippen LogP contribution is 2.20. The number of amides is 2. The van der Waals surface area contributed by atoms with Gasteiger partial charge in [-0.1, -0.05) is 12.1 Å².